The number of nitrogens with zero attached hydrogens (tertiary/aromatic N) is 1. The molecule has 1 aromatic heterocycles. The zero-order chi connectivity index (χ0) is 10.6. The van der Waals surface area contributed by atoms with Crippen molar-refractivity contribution < 1.29 is 0 Å². The van der Waals surface area contributed by atoms with Gasteiger partial charge in [0.05, 0.1) is 0 Å². The fraction of sp³-hybridized carbons (Fsp3) is 0.545. The van der Waals surface area contributed by atoms with Crippen LogP contribution in [0.4, 0.5) is 0 Å². The van der Waals surface area contributed by atoms with Crippen molar-refractivity contribution in [3.63, 3.8) is 0 Å². The van der Waals surface area contributed by atoms with Crippen LogP contribution in [0.2, 0.25) is 0 Å². The summed E-state index contributed by atoms with van der Waals surface area (Å²) in [5.74, 6) is 0. The second-order valence-electron chi connectivity index (χ2n) is 3.67. The van der Waals surface area contributed by atoms with Crippen LogP contribution in [-0.2, 0) is 6.42 Å². The van der Waals surface area contributed by atoms with Gasteiger partial charge in [-0.25, -0.2) is 0 Å². The summed E-state index contributed by atoms with van der Waals surface area (Å²) in [6.07, 6.45) is 4.92. The number of pyridine rings is 1. The molecule has 0 amide bonds. The van der Waals surface area contributed by atoms with Gasteiger partial charge < -0.3 is 5.73 Å². The molecule has 1 atom stereocenters. The molecule has 1 unspecified atom stereocenters. The third-order valence-electron chi connectivity index (χ3n) is 2.27. The van der Waals surface area contributed by atoms with Gasteiger partial charge in [-0.2, -0.15) is 0 Å². The van der Waals surface area contributed by atoms with Crippen LogP contribution in [0.3, 0.4) is 0 Å². The van der Waals surface area contributed by atoms with Gasteiger partial charge in [-0.15, -0.1) is 0 Å². The quantitative estimate of drug-likeness (QED) is 0.900. The molecule has 2 nitrogen and oxygen atoms in total. The molecule has 0 aliphatic heterocycles. The van der Waals surface area contributed by atoms with Gasteiger partial charge in [0, 0.05) is 28.8 Å². The zero-order valence-corrected chi connectivity index (χ0v) is 10.3. The molecule has 1 rings (SSSR count). The fourth-order valence-corrected chi connectivity index (χ4v) is 1.95. The molecule has 2 N–H and O–H groups in total. The first kappa shape index (κ1) is 11.7. The van der Waals surface area contributed by atoms with Crippen LogP contribution < -0.4 is 5.73 Å². The number of halogens is 1. The van der Waals surface area contributed by atoms with Crippen molar-refractivity contribution in [2.45, 2.75) is 39.2 Å². The number of aryl methyl sites for hydroxylation is 1. The molecule has 0 bridgehead atoms. The molecular formula is C11H17BrN2. The molecule has 1 heterocycles. The predicted octanol–water partition coefficient (Wildman–Crippen LogP) is 2.82. The SMILES string of the molecule is CCCC(N)Cc1ncc(Br)cc1C. The minimum absolute atomic E-state index is 0.243. The van der Waals surface area contributed by atoms with E-state index in [1.807, 2.05) is 6.20 Å². The van der Waals surface area contributed by atoms with E-state index in [2.05, 4.69) is 40.8 Å². The molecule has 0 spiro atoms. The molecule has 0 saturated heterocycles. The third kappa shape index (κ3) is 3.39. The highest BCUT2D eigenvalue weighted by molar-refractivity contribution is 9.10. The molecule has 0 fully saturated rings. The van der Waals surface area contributed by atoms with Crippen LogP contribution in [0, 0.1) is 6.92 Å². The maximum atomic E-state index is 5.97. The lowest BCUT2D eigenvalue weighted by Crippen LogP contribution is -2.23. The van der Waals surface area contributed by atoms with Crippen LogP contribution >= 0.6 is 15.9 Å². The van der Waals surface area contributed by atoms with Crippen molar-refractivity contribution in [2.24, 2.45) is 5.73 Å². The number of aromatic nitrogens is 1. The zero-order valence-electron chi connectivity index (χ0n) is 8.76. The Labute approximate surface area is 94.0 Å². The highest BCUT2D eigenvalue weighted by Gasteiger charge is 2.06. The minimum atomic E-state index is 0.243. The lowest BCUT2D eigenvalue weighted by Gasteiger charge is -2.11. The Balaban J connectivity index is 2.67. The number of nitrogens with two attached hydrogens (primary N) is 1. The Morgan fingerprint density at radius 2 is 2.29 bits per heavy atom. The Morgan fingerprint density at radius 1 is 1.57 bits per heavy atom. The first-order valence-electron chi connectivity index (χ1n) is 5.00. The maximum Gasteiger partial charge on any atom is 0.0449 e. The summed E-state index contributed by atoms with van der Waals surface area (Å²) in [7, 11) is 0. The van der Waals surface area contributed by atoms with Crippen molar-refractivity contribution in [3.8, 4) is 0 Å². The summed E-state index contributed by atoms with van der Waals surface area (Å²) in [6, 6.07) is 2.33. The van der Waals surface area contributed by atoms with Crippen molar-refractivity contribution in [1.82, 2.24) is 4.98 Å². The van der Waals surface area contributed by atoms with Crippen molar-refractivity contribution >= 4 is 15.9 Å². The number of hydrogen-bond donors (Lipinski definition) is 1. The molecule has 14 heavy (non-hydrogen) atoms. The topological polar surface area (TPSA) is 38.9 Å². The highest BCUT2D eigenvalue weighted by atomic mass is 79.9. The Bertz CT molecular complexity index is 299. The number of rotatable bonds is 4. The van der Waals surface area contributed by atoms with Crippen molar-refractivity contribution in [1.29, 1.82) is 0 Å². The normalized spacial score (nSPS) is 12.9. The molecule has 0 aromatic carbocycles. The predicted molar refractivity (Wildman–Crippen MR) is 63.3 cm³/mol. The average Bonchev–Trinajstić information content (AvgIpc) is 2.10. The summed E-state index contributed by atoms with van der Waals surface area (Å²) >= 11 is 3.40. The molecule has 0 radical (unpaired) electrons. The molecule has 78 valence electrons. The van der Waals surface area contributed by atoms with E-state index in [1.54, 1.807) is 0 Å². The van der Waals surface area contributed by atoms with Crippen molar-refractivity contribution in [3.05, 3.63) is 28.0 Å². The third-order valence-corrected chi connectivity index (χ3v) is 2.70. The van der Waals surface area contributed by atoms with Crippen molar-refractivity contribution in [2.75, 3.05) is 0 Å². The second-order valence-corrected chi connectivity index (χ2v) is 4.59. The Kier molecular flexibility index (Phi) is 4.55. The van der Waals surface area contributed by atoms with E-state index in [0.717, 1.165) is 29.4 Å². The second kappa shape index (κ2) is 5.47. The van der Waals surface area contributed by atoms with E-state index < -0.39 is 0 Å². The van der Waals surface area contributed by atoms with E-state index in [1.165, 1.54) is 5.56 Å². The summed E-state index contributed by atoms with van der Waals surface area (Å²) in [5.41, 5.74) is 8.30. The van der Waals surface area contributed by atoms with E-state index in [0.29, 0.717) is 0 Å². The van der Waals surface area contributed by atoms with Crippen LogP contribution in [0.5, 0.6) is 0 Å². The average molecular weight is 257 g/mol. The monoisotopic (exact) mass is 256 g/mol. The molecule has 0 aliphatic carbocycles. The standard InChI is InChI=1S/C11H17BrN2/c1-3-4-10(13)6-11-8(2)5-9(12)7-14-11/h5,7,10H,3-4,6,13H2,1-2H3. The lowest BCUT2D eigenvalue weighted by atomic mass is 10.0. The lowest BCUT2D eigenvalue weighted by molar-refractivity contribution is 0.591. The van der Waals surface area contributed by atoms with Crippen LogP contribution in [-0.4, -0.2) is 11.0 Å². The van der Waals surface area contributed by atoms with Crippen LogP contribution in [0.1, 0.15) is 31.0 Å². The smallest absolute Gasteiger partial charge is 0.0449 e. The van der Waals surface area contributed by atoms with Gasteiger partial charge >= 0.3 is 0 Å². The van der Waals surface area contributed by atoms with Gasteiger partial charge in [0.1, 0.15) is 0 Å². The van der Waals surface area contributed by atoms with E-state index in [-0.39, 0.29) is 6.04 Å². The Morgan fingerprint density at radius 3 is 2.86 bits per heavy atom. The fourth-order valence-electron chi connectivity index (χ4n) is 1.50. The van der Waals surface area contributed by atoms with Gasteiger partial charge in [-0.3, -0.25) is 4.98 Å². The number of hydrogen-bond acceptors (Lipinski definition) is 2. The molecular weight excluding hydrogens is 240 g/mol. The summed E-state index contributed by atoms with van der Waals surface area (Å²) in [4.78, 5) is 4.37. The molecule has 0 saturated carbocycles. The first-order valence-corrected chi connectivity index (χ1v) is 5.79. The highest BCUT2D eigenvalue weighted by Crippen LogP contribution is 2.14. The Hall–Kier alpha value is -0.410. The van der Waals surface area contributed by atoms with E-state index >= 15 is 0 Å². The van der Waals surface area contributed by atoms with Gasteiger partial charge in [0.2, 0.25) is 0 Å². The van der Waals surface area contributed by atoms with Gasteiger partial charge in [-0.1, -0.05) is 13.3 Å². The van der Waals surface area contributed by atoms with E-state index in [9.17, 15) is 0 Å². The summed E-state index contributed by atoms with van der Waals surface area (Å²) in [6.45, 7) is 4.23. The molecule has 0 aliphatic rings. The first-order chi connectivity index (χ1) is 6.63. The molecule has 3 heteroatoms. The minimum Gasteiger partial charge on any atom is -0.327 e. The van der Waals surface area contributed by atoms with Gasteiger partial charge in [0.15, 0.2) is 0 Å². The van der Waals surface area contributed by atoms with Gasteiger partial charge in [0.25, 0.3) is 0 Å². The summed E-state index contributed by atoms with van der Waals surface area (Å²) < 4.78 is 1.03. The summed E-state index contributed by atoms with van der Waals surface area (Å²) in [5, 5.41) is 0. The van der Waals surface area contributed by atoms with Crippen LogP contribution in [0.25, 0.3) is 0 Å². The maximum absolute atomic E-state index is 5.97. The molecule has 1 aromatic rings. The van der Waals surface area contributed by atoms with Gasteiger partial charge in [-0.05, 0) is 40.9 Å². The largest absolute Gasteiger partial charge is 0.327 e. The van der Waals surface area contributed by atoms with Crippen LogP contribution in [0.15, 0.2) is 16.7 Å². The van der Waals surface area contributed by atoms with E-state index in [4.69, 9.17) is 5.73 Å².